The van der Waals surface area contributed by atoms with Crippen LogP contribution in [0.3, 0.4) is 0 Å². The lowest BCUT2D eigenvalue weighted by atomic mass is 10.2. The van der Waals surface area contributed by atoms with E-state index in [4.69, 9.17) is 23.2 Å². The minimum Gasteiger partial charge on any atom is -0.375 e. The van der Waals surface area contributed by atoms with Crippen molar-refractivity contribution in [3.8, 4) is 0 Å². The standard InChI is InChI=1S/C14H9Cl2F3N2O/c15-7-1-3-10(8(16)5-7)20-6-12(22)21-11-4-2-9(17)13(18)14(11)19/h1-5,20H,6H2,(H,21,22). The van der Waals surface area contributed by atoms with Crippen molar-refractivity contribution >= 4 is 40.5 Å². The molecule has 3 nitrogen and oxygen atoms in total. The number of benzene rings is 2. The number of anilines is 2. The summed E-state index contributed by atoms with van der Waals surface area (Å²) < 4.78 is 39.2. The van der Waals surface area contributed by atoms with Crippen LogP contribution in [0, 0.1) is 17.5 Å². The predicted molar refractivity (Wildman–Crippen MR) is 79.9 cm³/mol. The highest BCUT2D eigenvalue weighted by molar-refractivity contribution is 6.36. The molecule has 8 heteroatoms. The van der Waals surface area contributed by atoms with Gasteiger partial charge >= 0.3 is 0 Å². The van der Waals surface area contributed by atoms with Crippen LogP contribution in [0.15, 0.2) is 30.3 Å². The van der Waals surface area contributed by atoms with Gasteiger partial charge in [0, 0.05) is 5.02 Å². The van der Waals surface area contributed by atoms with E-state index in [1.165, 1.54) is 6.07 Å². The van der Waals surface area contributed by atoms with Crippen LogP contribution in [0.4, 0.5) is 24.5 Å². The zero-order valence-electron chi connectivity index (χ0n) is 10.9. The summed E-state index contributed by atoms with van der Waals surface area (Å²) in [6, 6.07) is 6.27. The average molecular weight is 349 g/mol. The molecule has 2 aromatic carbocycles. The normalized spacial score (nSPS) is 10.4. The van der Waals surface area contributed by atoms with Gasteiger partial charge in [0.05, 0.1) is 22.9 Å². The van der Waals surface area contributed by atoms with E-state index in [0.717, 1.165) is 12.1 Å². The highest BCUT2D eigenvalue weighted by Crippen LogP contribution is 2.25. The lowest BCUT2D eigenvalue weighted by Crippen LogP contribution is -2.22. The Bertz CT molecular complexity index is 725. The Morgan fingerprint density at radius 2 is 1.68 bits per heavy atom. The second kappa shape index (κ2) is 6.89. The first-order valence-electron chi connectivity index (χ1n) is 6.00. The lowest BCUT2D eigenvalue weighted by Gasteiger charge is -2.10. The van der Waals surface area contributed by atoms with Crippen molar-refractivity contribution < 1.29 is 18.0 Å². The molecule has 0 saturated carbocycles. The molecule has 2 rings (SSSR count). The maximum absolute atomic E-state index is 13.4. The van der Waals surface area contributed by atoms with Crippen LogP contribution in [0.25, 0.3) is 0 Å². The van der Waals surface area contributed by atoms with Crippen LogP contribution in [-0.4, -0.2) is 12.5 Å². The Kier molecular flexibility index (Phi) is 5.15. The molecule has 0 aliphatic heterocycles. The van der Waals surface area contributed by atoms with Gasteiger partial charge < -0.3 is 10.6 Å². The summed E-state index contributed by atoms with van der Waals surface area (Å²) in [4.78, 5) is 11.7. The molecule has 22 heavy (non-hydrogen) atoms. The second-order valence-corrected chi connectivity index (χ2v) is 5.09. The average Bonchev–Trinajstić information content (AvgIpc) is 2.47. The van der Waals surface area contributed by atoms with Crippen LogP contribution in [0.5, 0.6) is 0 Å². The smallest absolute Gasteiger partial charge is 0.243 e. The summed E-state index contributed by atoms with van der Waals surface area (Å²) in [6.45, 7) is -0.250. The van der Waals surface area contributed by atoms with E-state index in [-0.39, 0.29) is 6.54 Å². The van der Waals surface area contributed by atoms with Gasteiger partial charge in [-0.05, 0) is 30.3 Å². The molecule has 0 saturated heterocycles. The van der Waals surface area contributed by atoms with Gasteiger partial charge in [-0.1, -0.05) is 23.2 Å². The number of carbonyl (C=O) groups is 1. The molecule has 116 valence electrons. The monoisotopic (exact) mass is 348 g/mol. The van der Waals surface area contributed by atoms with E-state index >= 15 is 0 Å². The van der Waals surface area contributed by atoms with Crippen molar-refractivity contribution in [2.24, 2.45) is 0 Å². The van der Waals surface area contributed by atoms with Crippen molar-refractivity contribution in [2.75, 3.05) is 17.2 Å². The molecular formula is C14H9Cl2F3N2O. The first kappa shape index (κ1) is 16.5. The predicted octanol–water partition coefficient (Wildman–Crippen LogP) is 4.46. The number of nitrogens with one attached hydrogen (secondary N) is 2. The fourth-order valence-corrected chi connectivity index (χ4v) is 2.10. The Morgan fingerprint density at radius 3 is 2.36 bits per heavy atom. The van der Waals surface area contributed by atoms with Gasteiger partial charge in [0.15, 0.2) is 17.5 Å². The molecule has 0 unspecified atom stereocenters. The molecule has 0 fully saturated rings. The summed E-state index contributed by atoms with van der Waals surface area (Å²) in [6.07, 6.45) is 0. The van der Waals surface area contributed by atoms with Gasteiger partial charge in [-0.2, -0.15) is 0 Å². The SMILES string of the molecule is O=C(CNc1ccc(Cl)cc1Cl)Nc1ccc(F)c(F)c1F. The summed E-state index contributed by atoms with van der Waals surface area (Å²) in [5.74, 6) is -5.10. The third-order valence-electron chi connectivity index (χ3n) is 2.68. The van der Waals surface area contributed by atoms with Gasteiger partial charge in [0.25, 0.3) is 0 Å². The number of amides is 1. The Labute approximate surface area is 134 Å². The largest absolute Gasteiger partial charge is 0.375 e. The van der Waals surface area contributed by atoms with Crippen molar-refractivity contribution in [3.63, 3.8) is 0 Å². The number of hydrogen-bond acceptors (Lipinski definition) is 2. The van der Waals surface area contributed by atoms with Gasteiger partial charge in [-0.3, -0.25) is 4.79 Å². The molecule has 2 aromatic rings. The molecule has 2 N–H and O–H groups in total. The van der Waals surface area contributed by atoms with Crippen molar-refractivity contribution in [1.82, 2.24) is 0 Å². The Morgan fingerprint density at radius 1 is 1.00 bits per heavy atom. The Balaban J connectivity index is 2.00. The van der Waals surface area contributed by atoms with Crippen LogP contribution in [0.1, 0.15) is 0 Å². The zero-order chi connectivity index (χ0) is 16.3. The van der Waals surface area contributed by atoms with Gasteiger partial charge in [0.1, 0.15) is 0 Å². The van der Waals surface area contributed by atoms with Gasteiger partial charge in [0.2, 0.25) is 5.91 Å². The fraction of sp³-hybridized carbons (Fsp3) is 0.0714. The van der Waals surface area contributed by atoms with Crippen molar-refractivity contribution in [2.45, 2.75) is 0 Å². The number of carbonyl (C=O) groups excluding carboxylic acids is 1. The third-order valence-corrected chi connectivity index (χ3v) is 3.23. The van der Waals surface area contributed by atoms with E-state index in [1.807, 2.05) is 0 Å². The molecule has 0 heterocycles. The minimum absolute atomic E-state index is 0.250. The number of hydrogen-bond donors (Lipinski definition) is 2. The van der Waals surface area contributed by atoms with Crippen LogP contribution < -0.4 is 10.6 Å². The van der Waals surface area contributed by atoms with Gasteiger partial charge in [-0.25, -0.2) is 13.2 Å². The van der Waals surface area contributed by atoms with E-state index in [1.54, 1.807) is 12.1 Å². The molecule has 0 aliphatic carbocycles. The van der Waals surface area contributed by atoms with Crippen LogP contribution >= 0.6 is 23.2 Å². The quantitative estimate of drug-likeness (QED) is 0.801. The zero-order valence-corrected chi connectivity index (χ0v) is 12.4. The highest BCUT2D eigenvalue weighted by atomic mass is 35.5. The topological polar surface area (TPSA) is 41.1 Å². The van der Waals surface area contributed by atoms with E-state index in [2.05, 4.69) is 10.6 Å². The molecule has 1 amide bonds. The summed E-state index contributed by atoms with van der Waals surface area (Å²) in [5.41, 5.74) is -0.000113. The Hall–Kier alpha value is -1.92. The summed E-state index contributed by atoms with van der Waals surface area (Å²) in [5, 5.41) is 5.58. The third kappa shape index (κ3) is 3.84. The first-order chi connectivity index (χ1) is 10.4. The van der Waals surface area contributed by atoms with E-state index < -0.39 is 29.0 Å². The molecule has 0 aromatic heterocycles. The molecule has 0 aliphatic rings. The van der Waals surface area contributed by atoms with Crippen LogP contribution in [-0.2, 0) is 4.79 Å². The van der Waals surface area contributed by atoms with Crippen molar-refractivity contribution in [1.29, 1.82) is 0 Å². The van der Waals surface area contributed by atoms with E-state index in [0.29, 0.717) is 15.7 Å². The molecule has 0 bridgehead atoms. The molecular weight excluding hydrogens is 340 g/mol. The fourth-order valence-electron chi connectivity index (χ4n) is 1.63. The maximum Gasteiger partial charge on any atom is 0.243 e. The number of halogens is 5. The second-order valence-electron chi connectivity index (χ2n) is 4.25. The van der Waals surface area contributed by atoms with Crippen LogP contribution in [0.2, 0.25) is 10.0 Å². The molecule has 0 radical (unpaired) electrons. The molecule has 0 atom stereocenters. The minimum atomic E-state index is -1.65. The lowest BCUT2D eigenvalue weighted by molar-refractivity contribution is -0.114. The summed E-state index contributed by atoms with van der Waals surface area (Å²) in [7, 11) is 0. The van der Waals surface area contributed by atoms with E-state index in [9.17, 15) is 18.0 Å². The molecule has 0 spiro atoms. The first-order valence-corrected chi connectivity index (χ1v) is 6.76. The summed E-state index contributed by atoms with van der Waals surface area (Å²) >= 11 is 11.6. The number of rotatable bonds is 4. The van der Waals surface area contributed by atoms with Gasteiger partial charge in [-0.15, -0.1) is 0 Å². The van der Waals surface area contributed by atoms with Crippen molar-refractivity contribution in [3.05, 3.63) is 57.8 Å². The maximum atomic E-state index is 13.4. The highest BCUT2D eigenvalue weighted by Gasteiger charge is 2.15.